The first-order chi connectivity index (χ1) is 14.1. The molecule has 1 aliphatic rings. The zero-order chi connectivity index (χ0) is 20.4. The molecule has 3 aromatic rings. The van der Waals surface area contributed by atoms with Crippen LogP contribution in [-0.2, 0) is 0 Å². The Labute approximate surface area is 171 Å². The summed E-state index contributed by atoms with van der Waals surface area (Å²) in [5, 5.41) is 2.09. The van der Waals surface area contributed by atoms with E-state index in [1.54, 1.807) is 14.2 Å². The molecule has 0 aromatic heterocycles. The highest BCUT2D eigenvalue weighted by molar-refractivity contribution is 6.02. The van der Waals surface area contributed by atoms with E-state index in [1.165, 1.54) is 0 Å². The number of rotatable bonds is 5. The van der Waals surface area contributed by atoms with Gasteiger partial charge >= 0.3 is 0 Å². The van der Waals surface area contributed by atoms with Crippen molar-refractivity contribution in [3.05, 3.63) is 60.2 Å². The van der Waals surface area contributed by atoms with Gasteiger partial charge in [0.05, 0.1) is 14.2 Å². The maximum Gasteiger partial charge on any atom is 0.167 e. The molecular formula is C24H26N2O3. The molecule has 1 aliphatic heterocycles. The molecule has 0 aliphatic carbocycles. The van der Waals surface area contributed by atoms with Crippen LogP contribution in [0.2, 0.25) is 0 Å². The number of ether oxygens (including phenoxy) is 2. The molecule has 5 nitrogen and oxygen atoms in total. The first kappa shape index (κ1) is 19.1. The number of hydrogen-bond donors (Lipinski definition) is 1. The topological polar surface area (TPSA) is 64.8 Å². The summed E-state index contributed by atoms with van der Waals surface area (Å²) in [7, 11) is 3.27. The molecule has 1 fully saturated rings. The smallest absolute Gasteiger partial charge is 0.167 e. The lowest BCUT2D eigenvalue weighted by Crippen LogP contribution is -2.38. The number of Topliss-reactive ketones (excluding diaryl/α,β-unsaturated/α-hetero) is 1. The van der Waals surface area contributed by atoms with E-state index in [-0.39, 0.29) is 11.7 Å². The van der Waals surface area contributed by atoms with Crippen molar-refractivity contribution in [3.63, 3.8) is 0 Å². The second kappa shape index (κ2) is 8.03. The van der Waals surface area contributed by atoms with Crippen LogP contribution >= 0.6 is 0 Å². The lowest BCUT2D eigenvalue weighted by Gasteiger charge is -2.34. The van der Waals surface area contributed by atoms with Crippen LogP contribution < -0.4 is 20.1 Å². The molecule has 1 unspecified atom stereocenters. The van der Waals surface area contributed by atoms with Crippen LogP contribution in [0.5, 0.6) is 11.5 Å². The van der Waals surface area contributed by atoms with Gasteiger partial charge in [0.2, 0.25) is 0 Å². The fourth-order valence-corrected chi connectivity index (χ4v) is 4.10. The highest BCUT2D eigenvalue weighted by Gasteiger charge is 2.27. The van der Waals surface area contributed by atoms with Gasteiger partial charge < -0.3 is 20.1 Å². The Morgan fingerprint density at radius 3 is 2.52 bits per heavy atom. The normalized spacial score (nSPS) is 16.6. The van der Waals surface area contributed by atoms with E-state index >= 15 is 0 Å². The number of methoxy groups -OCH3 is 2. The molecule has 4 rings (SSSR count). The van der Waals surface area contributed by atoms with Crippen molar-refractivity contribution in [3.8, 4) is 11.5 Å². The molecule has 2 N–H and O–H groups in total. The van der Waals surface area contributed by atoms with Gasteiger partial charge in [0.25, 0.3) is 0 Å². The van der Waals surface area contributed by atoms with Gasteiger partial charge in [-0.25, -0.2) is 0 Å². The van der Waals surface area contributed by atoms with Gasteiger partial charge in [0.1, 0.15) is 0 Å². The molecule has 1 atom stereocenters. The number of carbonyl (C=O) groups excluding carboxylic acids is 1. The zero-order valence-corrected chi connectivity index (χ0v) is 16.9. The third kappa shape index (κ3) is 3.86. The number of nitrogens with zero attached hydrogens (tertiary/aromatic N) is 1. The summed E-state index contributed by atoms with van der Waals surface area (Å²) in [5.74, 6) is 1.59. The van der Waals surface area contributed by atoms with Crippen LogP contribution in [0.1, 0.15) is 23.2 Å². The van der Waals surface area contributed by atoms with Crippen molar-refractivity contribution in [1.82, 2.24) is 0 Å². The van der Waals surface area contributed by atoms with Crippen molar-refractivity contribution in [2.45, 2.75) is 12.8 Å². The predicted octanol–water partition coefficient (Wildman–Crippen LogP) is 4.54. The number of carbonyl (C=O) groups is 1. The summed E-state index contributed by atoms with van der Waals surface area (Å²) in [4.78, 5) is 15.5. The summed E-state index contributed by atoms with van der Waals surface area (Å²) in [6, 6.07) is 17.6. The van der Waals surface area contributed by atoms with Crippen molar-refractivity contribution in [1.29, 1.82) is 0 Å². The number of nitrogen functional groups attached to an aromatic ring is 1. The van der Waals surface area contributed by atoms with Gasteiger partial charge in [-0.2, -0.15) is 0 Å². The standard InChI is InChI=1S/C24H26N2O3/c1-28-22-10-9-21(14-23(22)29-2)26-11-3-4-19(15-26)24(27)18-6-5-17-13-20(25)8-7-16(17)12-18/h5-10,12-14,19H,3-4,11,15,25H2,1-2H3. The fraction of sp³-hybridized carbons (Fsp3) is 0.292. The Hall–Kier alpha value is -3.21. The third-order valence-electron chi connectivity index (χ3n) is 5.67. The second-order valence-corrected chi connectivity index (χ2v) is 7.51. The van der Waals surface area contributed by atoms with E-state index in [4.69, 9.17) is 15.2 Å². The first-order valence-corrected chi connectivity index (χ1v) is 9.89. The molecule has 0 bridgehead atoms. The minimum Gasteiger partial charge on any atom is -0.493 e. The Morgan fingerprint density at radius 2 is 1.72 bits per heavy atom. The van der Waals surface area contributed by atoms with Crippen molar-refractivity contribution >= 4 is 27.9 Å². The third-order valence-corrected chi connectivity index (χ3v) is 5.67. The number of benzene rings is 3. The van der Waals surface area contributed by atoms with Gasteiger partial charge in [-0.15, -0.1) is 0 Å². The molecule has 0 saturated carbocycles. The second-order valence-electron chi connectivity index (χ2n) is 7.51. The SMILES string of the molecule is COc1ccc(N2CCCC(C(=O)c3ccc4cc(N)ccc4c3)C2)cc1OC. The quantitative estimate of drug-likeness (QED) is 0.512. The molecule has 1 saturated heterocycles. The van der Waals surface area contributed by atoms with Gasteiger partial charge in [-0.05, 0) is 53.9 Å². The lowest BCUT2D eigenvalue weighted by molar-refractivity contribution is 0.0907. The minimum atomic E-state index is -0.0249. The summed E-state index contributed by atoms with van der Waals surface area (Å²) in [6.45, 7) is 1.63. The van der Waals surface area contributed by atoms with Gasteiger partial charge in [-0.3, -0.25) is 4.79 Å². The summed E-state index contributed by atoms with van der Waals surface area (Å²) in [5.41, 5.74) is 8.41. The number of hydrogen-bond acceptors (Lipinski definition) is 5. The number of fused-ring (bicyclic) bond motifs is 1. The van der Waals surface area contributed by atoms with Crippen LogP contribution in [0, 0.1) is 5.92 Å². The molecule has 29 heavy (non-hydrogen) atoms. The van der Waals surface area contributed by atoms with E-state index in [2.05, 4.69) is 4.90 Å². The number of anilines is 2. The highest BCUT2D eigenvalue weighted by Crippen LogP contribution is 2.34. The monoisotopic (exact) mass is 390 g/mol. The van der Waals surface area contributed by atoms with Crippen LogP contribution in [0.25, 0.3) is 10.8 Å². The molecule has 0 radical (unpaired) electrons. The molecule has 0 spiro atoms. The Kier molecular flexibility index (Phi) is 5.30. The maximum absolute atomic E-state index is 13.2. The van der Waals surface area contributed by atoms with E-state index in [1.807, 2.05) is 54.6 Å². The lowest BCUT2D eigenvalue weighted by atomic mass is 9.89. The Morgan fingerprint density at radius 1 is 0.966 bits per heavy atom. The van der Waals surface area contributed by atoms with Crippen molar-refractivity contribution < 1.29 is 14.3 Å². The molecule has 150 valence electrons. The summed E-state index contributed by atoms with van der Waals surface area (Å²) in [6.07, 6.45) is 1.89. The van der Waals surface area contributed by atoms with Crippen molar-refractivity contribution in [2.24, 2.45) is 5.92 Å². The number of piperidine rings is 1. The van der Waals surface area contributed by atoms with Crippen molar-refractivity contribution in [2.75, 3.05) is 37.9 Å². The van der Waals surface area contributed by atoms with Crippen LogP contribution in [0.4, 0.5) is 11.4 Å². The number of ketones is 1. The average molecular weight is 390 g/mol. The first-order valence-electron chi connectivity index (χ1n) is 9.89. The van der Waals surface area contributed by atoms with E-state index < -0.39 is 0 Å². The maximum atomic E-state index is 13.2. The molecule has 5 heteroatoms. The summed E-state index contributed by atoms with van der Waals surface area (Å²) >= 11 is 0. The van der Waals surface area contributed by atoms with Gasteiger partial charge in [0, 0.05) is 42.0 Å². The largest absolute Gasteiger partial charge is 0.493 e. The summed E-state index contributed by atoms with van der Waals surface area (Å²) < 4.78 is 10.8. The Bertz CT molecular complexity index is 1050. The van der Waals surface area contributed by atoms with E-state index in [0.29, 0.717) is 18.0 Å². The molecular weight excluding hydrogens is 364 g/mol. The van der Waals surface area contributed by atoms with Crippen LogP contribution in [-0.4, -0.2) is 33.1 Å². The average Bonchev–Trinajstić information content (AvgIpc) is 2.77. The highest BCUT2D eigenvalue weighted by atomic mass is 16.5. The van der Waals surface area contributed by atoms with Gasteiger partial charge in [-0.1, -0.05) is 18.2 Å². The van der Waals surface area contributed by atoms with Crippen LogP contribution in [0.15, 0.2) is 54.6 Å². The van der Waals surface area contributed by atoms with Crippen LogP contribution in [0.3, 0.4) is 0 Å². The molecule has 1 heterocycles. The van der Waals surface area contributed by atoms with E-state index in [0.717, 1.165) is 47.1 Å². The molecule has 0 amide bonds. The predicted molar refractivity (Wildman–Crippen MR) is 117 cm³/mol. The van der Waals surface area contributed by atoms with E-state index in [9.17, 15) is 4.79 Å². The van der Waals surface area contributed by atoms with Gasteiger partial charge in [0.15, 0.2) is 17.3 Å². The Balaban J connectivity index is 1.55. The minimum absolute atomic E-state index is 0.0249. The molecule has 3 aromatic carbocycles. The zero-order valence-electron chi connectivity index (χ0n) is 16.9. The number of nitrogens with two attached hydrogens (primary N) is 1. The fourth-order valence-electron chi connectivity index (χ4n) is 4.10.